The number of nitrogens with zero attached hydrogens (tertiary/aromatic N) is 4. The van der Waals surface area contributed by atoms with E-state index in [1.807, 2.05) is 41.3 Å². The SMILES string of the molecule is CC(C)CCn1cc(-c2ccc(Cl)nc2-c2ccc3c(c2)C(=O)N=C3)cn1. The summed E-state index contributed by atoms with van der Waals surface area (Å²) in [4.78, 5) is 20.3. The lowest BCUT2D eigenvalue weighted by molar-refractivity contribution is 0.101. The van der Waals surface area contributed by atoms with Gasteiger partial charge in [0.15, 0.2) is 0 Å². The van der Waals surface area contributed by atoms with Crippen LogP contribution in [0.15, 0.2) is 47.7 Å². The van der Waals surface area contributed by atoms with E-state index < -0.39 is 0 Å². The number of carbonyl (C=O) groups is 1. The molecule has 0 aliphatic carbocycles. The van der Waals surface area contributed by atoms with E-state index in [0.717, 1.165) is 40.9 Å². The van der Waals surface area contributed by atoms with Crippen molar-refractivity contribution in [1.29, 1.82) is 0 Å². The Morgan fingerprint density at radius 2 is 1.96 bits per heavy atom. The van der Waals surface area contributed by atoms with Crippen molar-refractivity contribution in [2.45, 2.75) is 26.8 Å². The molecule has 136 valence electrons. The number of pyridine rings is 1. The zero-order valence-electron chi connectivity index (χ0n) is 15.2. The molecule has 1 aliphatic heterocycles. The molecule has 1 amide bonds. The van der Waals surface area contributed by atoms with Crippen LogP contribution in [0.25, 0.3) is 22.4 Å². The van der Waals surface area contributed by atoms with Crippen LogP contribution in [0.4, 0.5) is 0 Å². The zero-order valence-corrected chi connectivity index (χ0v) is 15.9. The van der Waals surface area contributed by atoms with Gasteiger partial charge in [-0.3, -0.25) is 9.48 Å². The molecule has 0 fully saturated rings. The zero-order chi connectivity index (χ0) is 19.0. The number of aryl methyl sites for hydroxylation is 1. The first kappa shape index (κ1) is 17.6. The molecule has 0 radical (unpaired) electrons. The van der Waals surface area contributed by atoms with E-state index in [1.165, 1.54) is 0 Å². The first-order valence-electron chi connectivity index (χ1n) is 8.93. The summed E-state index contributed by atoms with van der Waals surface area (Å²) < 4.78 is 1.95. The molecule has 0 unspecified atom stereocenters. The van der Waals surface area contributed by atoms with Crippen molar-refractivity contribution in [2.24, 2.45) is 10.9 Å². The van der Waals surface area contributed by atoms with Crippen LogP contribution in [-0.2, 0) is 6.54 Å². The van der Waals surface area contributed by atoms with Crippen molar-refractivity contribution >= 4 is 23.7 Å². The highest BCUT2D eigenvalue weighted by molar-refractivity contribution is 6.29. The Hall–Kier alpha value is -2.79. The standard InChI is InChI=1S/C21H19ClN4O/c1-13(2)7-8-26-12-16(11-24-26)17-5-6-19(22)25-20(17)14-3-4-15-10-23-21(27)18(15)9-14/h3-6,9-13H,7-8H2,1-2H3. The number of hydrogen-bond donors (Lipinski definition) is 0. The molecule has 4 rings (SSSR count). The number of rotatable bonds is 5. The second-order valence-electron chi connectivity index (χ2n) is 7.07. The minimum Gasteiger partial charge on any atom is -0.272 e. The third-order valence-electron chi connectivity index (χ3n) is 4.62. The maximum absolute atomic E-state index is 11.9. The van der Waals surface area contributed by atoms with E-state index >= 15 is 0 Å². The van der Waals surface area contributed by atoms with E-state index in [9.17, 15) is 4.79 Å². The Bertz CT molecular complexity index is 1050. The van der Waals surface area contributed by atoms with Gasteiger partial charge in [0.1, 0.15) is 5.15 Å². The monoisotopic (exact) mass is 378 g/mol. The fraction of sp³-hybridized carbons (Fsp3) is 0.238. The summed E-state index contributed by atoms with van der Waals surface area (Å²) in [5, 5.41) is 4.88. The summed E-state index contributed by atoms with van der Waals surface area (Å²) in [7, 11) is 0. The van der Waals surface area contributed by atoms with Crippen LogP contribution in [0.2, 0.25) is 5.15 Å². The maximum Gasteiger partial charge on any atom is 0.277 e. The molecule has 0 spiro atoms. The van der Waals surface area contributed by atoms with Crippen molar-refractivity contribution in [3.63, 3.8) is 0 Å². The van der Waals surface area contributed by atoms with E-state index in [2.05, 4.69) is 28.9 Å². The minimum atomic E-state index is -0.225. The third kappa shape index (κ3) is 3.55. The number of aliphatic imine (C=N–C) groups is 1. The second-order valence-corrected chi connectivity index (χ2v) is 7.46. The third-order valence-corrected chi connectivity index (χ3v) is 4.83. The average Bonchev–Trinajstić information content (AvgIpc) is 3.27. The fourth-order valence-corrected chi connectivity index (χ4v) is 3.25. The topological polar surface area (TPSA) is 60.1 Å². The Labute approximate surface area is 162 Å². The maximum atomic E-state index is 11.9. The number of fused-ring (bicyclic) bond motifs is 1. The van der Waals surface area contributed by atoms with Crippen LogP contribution in [0, 0.1) is 5.92 Å². The van der Waals surface area contributed by atoms with Crippen molar-refractivity contribution in [2.75, 3.05) is 0 Å². The molecule has 0 N–H and O–H groups in total. The molecule has 3 heterocycles. The van der Waals surface area contributed by atoms with E-state index in [0.29, 0.717) is 16.6 Å². The molecular weight excluding hydrogens is 360 g/mol. The first-order chi connectivity index (χ1) is 13.0. The average molecular weight is 379 g/mol. The number of amides is 1. The Balaban J connectivity index is 1.74. The van der Waals surface area contributed by atoms with Gasteiger partial charge in [-0.15, -0.1) is 0 Å². The number of carbonyl (C=O) groups excluding carboxylic acids is 1. The van der Waals surface area contributed by atoms with E-state index in [4.69, 9.17) is 11.6 Å². The molecule has 3 aromatic rings. The lowest BCUT2D eigenvalue weighted by atomic mass is 9.98. The van der Waals surface area contributed by atoms with Gasteiger partial charge < -0.3 is 0 Å². The molecule has 1 aromatic carbocycles. The molecule has 6 heteroatoms. The highest BCUT2D eigenvalue weighted by Crippen LogP contribution is 2.33. The summed E-state index contributed by atoms with van der Waals surface area (Å²) in [5.41, 5.74) is 4.89. The lowest BCUT2D eigenvalue weighted by Gasteiger charge is -2.09. The van der Waals surface area contributed by atoms with Crippen LogP contribution >= 0.6 is 11.6 Å². The van der Waals surface area contributed by atoms with Gasteiger partial charge in [-0.1, -0.05) is 37.6 Å². The molecule has 0 saturated heterocycles. The molecule has 0 saturated carbocycles. The summed E-state index contributed by atoms with van der Waals surface area (Å²) in [5.74, 6) is 0.397. The number of halogens is 1. The van der Waals surface area contributed by atoms with Crippen LogP contribution in [0.3, 0.4) is 0 Å². The summed E-state index contributed by atoms with van der Waals surface area (Å²) in [6.45, 7) is 5.27. The lowest BCUT2D eigenvalue weighted by Crippen LogP contribution is -2.01. The molecule has 27 heavy (non-hydrogen) atoms. The summed E-state index contributed by atoms with van der Waals surface area (Å²) >= 11 is 6.17. The van der Waals surface area contributed by atoms with Crippen molar-refractivity contribution in [1.82, 2.24) is 14.8 Å². The quantitative estimate of drug-likeness (QED) is 0.594. The van der Waals surface area contributed by atoms with Gasteiger partial charge in [0.25, 0.3) is 5.91 Å². The van der Waals surface area contributed by atoms with Crippen LogP contribution in [0.5, 0.6) is 0 Å². The largest absolute Gasteiger partial charge is 0.277 e. The number of aromatic nitrogens is 3. The highest BCUT2D eigenvalue weighted by atomic mass is 35.5. The van der Waals surface area contributed by atoms with Crippen LogP contribution in [-0.4, -0.2) is 26.9 Å². The molecular formula is C21H19ClN4O. The van der Waals surface area contributed by atoms with Gasteiger partial charge in [0.2, 0.25) is 0 Å². The summed E-state index contributed by atoms with van der Waals surface area (Å²) in [6, 6.07) is 9.37. The van der Waals surface area contributed by atoms with E-state index in [1.54, 1.807) is 12.3 Å². The van der Waals surface area contributed by atoms with Crippen LogP contribution in [0.1, 0.15) is 36.2 Å². The normalized spacial score (nSPS) is 12.8. The Kier molecular flexibility index (Phi) is 4.62. The highest BCUT2D eigenvalue weighted by Gasteiger charge is 2.18. The van der Waals surface area contributed by atoms with Gasteiger partial charge in [-0.25, -0.2) is 9.98 Å². The van der Waals surface area contributed by atoms with Crippen molar-refractivity contribution in [3.05, 3.63) is 59.0 Å². The van der Waals surface area contributed by atoms with E-state index in [-0.39, 0.29) is 5.91 Å². The molecule has 5 nitrogen and oxygen atoms in total. The van der Waals surface area contributed by atoms with Gasteiger partial charge in [-0.05, 0) is 30.5 Å². The predicted molar refractivity (Wildman–Crippen MR) is 107 cm³/mol. The fourth-order valence-electron chi connectivity index (χ4n) is 3.10. The number of hydrogen-bond acceptors (Lipinski definition) is 3. The van der Waals surface area contributed by atoms with Gasteiger partial charge >= 0.3 is 0 Å². The smallest absolute Gasteiger partial charge is 0.272 e. The second kappa shape index (κ2) is 7.08. The minimum absolute atomic E-state index is 0.225. The van der Waals surface area contributed by atoms with Crippen molar-refractivity contribution < 1.29 is 4.79 Å². The molecule has 0 atom stereocenters. The molecule has 2 aromatic heterocycles. The van der Waals surface area contributed by atoms with Crippen LogP contribution < -0.4 is 0 Å². The predicted octanol–water partition coefficient (Wildman–Crippen LogP) is 4.88. The van der Waals surface area contributed by atoms with Gasteiger partial charge in [-0.2, -0.15) is 5.10 Å². The van der Waals surface area contributed by atoms with Crippen molar-refractivity contribution in [3.8, 4) is 22.4 Å². The Morgan fingerprint density at radius 3 is 2.78 bits per heavy atom. The first-order valence-corrected chi connectivity index (χ1v) is 9.31. The van der Waals surface area contributed by atoms with Gasteiger partial charge in [0.05, 0.1) is 17.5 Å². The summed E-state index contributed by atoms with van der Waals surface area (Å²) in [6.07, 6.45) is 6.53. The Morgan fingerprint density at radius 1 is 1.11 bits per heavy atom. The number of benzene rings is 1. The molecule has 0 bridgehead atoms. The molecule has 1 aliphatic rings. The van der Waals surface area contributed by atoms with Gasteiger partial charge in [0, 0.05) is 41.2 Å².